The van der Waals surface area contributed by atoms with Crippen LogP contribution in [0.2, 0.25) is 0 Å². The molecule has 13 nitrogen and oxygen atoms in total. The van der Waals surface area contributed by atoms with Gasteiger partial charge in [0.1, 0.15) is 40.8 Å². The Morgan fingerprint density at radius 1 is 0.847 bits per heavy atom. The minimum atomic E-state index is -0.424. The number of aromatic hydroxyl groups is 1. The lowest BCUT2D eigenvalue weighted by Gasteiger charge is -2.27. The van der Waals surface area contributed by atoms with E-state index in [1.165, 1.54) is 7.11 Å². The Kier molecular flexibility index (Phi) is 16.0. The van der Waals surface area contributed by atoms with Crippen LogP contribution < -0.4 is 29.4 Å². The van der Waals surface area contributed by atoms with Crippen molar-refractivity contribution in [1.82, 2.24) is 9.97 Å². The van der Waals surface area contributed by atoms with E-state index >= 15 is 0 Å². The Morgan fingerprint density at radius 3 is 1.97 bits per heavy atom. The van der Waals surface area contributed by atoms with E-state index in [4.69, 9.17) is 41.3 Å². The first-order valence-corrected chi connectivity index (χ1v) is 19.0. The second-order valence-corrected chi connectivity index (χ2v) is 14.0. The van der Waals surface area contributed by atoms with Gasteiger partial charge in [0.25, 0.3) is 6.54 Å². The van der Waals surface area contributed by atoms with E-state index in [-0.39, 0.29) is 18.2 Å². The molecule has 6 aromatic rings. The van der Waals surface area contributed by atoms with Gasteiger partial charge in [-0.15, -0.1) is 0 Å². The maximum absolute atomic E-state index is 10.5. The second-order valence-electron chi connectivity index (χ2n) is 12.3. The van der Waals surface area contributed by atoms with Crippen LogP contribution >= 0.6 is 31.9 Å². The maximum atomic E-state index is 10.5. The van der Waals surface area contributed by atoms with Gasteiger partial charge in [-0.3, -0.25) is 4.79 Å². The lowest BCUT2D eigenvalue weighted by molar-refractivity contribution is 0.112. The zero-order chi connectivity index (χ0) is 43.2. The predicted molar refractivity (Wildman–Crippen MR) is 231 cm³/mol. The molecule has 1 unspecified atom stereocenters. The molecule has 1 aliphatic heterocycles. The Balaban J connectivity index is 0.000000211. The van der Waals surface area contributed by atoms with Crippen LogP contribution in [0.4, 0.5) is 0 Å². The van der Waals surface area contributed by atoms with E-state index in [1.54, 1.807) is 45.6 Å². The van der Waals surface area contributed by atoms with Gasteiger partial charge in [-0.2, -0.15) is 10.5 Å². The third-order valence-electron chi connectivity index (χ3n) is 8.55. The van der Waals surface area contributed by atoms with E-state index in [2.05, 4.69) is 52.7 Å². The van der Waals surface area contributed by atoms with Crippen LogP contribution in [0.15, 0.2) is 99.3 Å². The fourth-order valence-electron chi connectivity index (χ4n) is 5.91. The fraction of sp³-hybridized carbons (Fsp3) is 0.182. The third-order valence-corrected chi connectivity index (χ3v) is 9.73. The number of aromatic nitrogens is 2. The van der Waals surface area contributed by atoms with Crippen molar-refractivity contribution in [3.63, 3.8) is 0 Å². The summed E-state index contributed by atoms with van der Waals surface area (Å²) in [5, 5.41) is 28.8. The van der Waals surface area contributed by atoms with Crippen molar-refractivity contribution in [2.75, 3.05) is 35.0 Å². The summed E-state index contributed by atoms with van der Waals surface area (Å²) in [5.74, 6) is 2.73. The Hall–Kier alpha value is -6.86. The highest BCUT2D eigenvalue weighted by molar-refractivity contribution is 9.11. The van der Waals surface area contributed by atoms with Crippen molar-refractivity contribution in [3.8, 4) is 46.6 Å². The highest BCUT2D eigenvalue weighted by Crippen LogP contribution is 2.48. The van der Waals surface area contributed by atoms with E-state index in [0.717, 1.165) is 39.6 Å². The molecule has 59 heavy (non-hydrogen) atoms. The summed E-state index contributed by atoms with van der Waals surface area (Å²) in [6.07, 6.45) is 0.757. The number of nitrogens with two attached hydrogens (primary N) is 1. The van der Waals surface area contributed by atoms with Gasteiger partial charge in [-0.1, -0.05) is 36.4 Å². The number of para-hydroxylation sites is 1. The van der Waals surface area contributed by atoms with E-state index in [0.29, 0.717) is 59.9 Å². The molecule has 4 aromatic carbocycles. The van der Waals surface area contributed by atoms with Crippen molar-refractivity contribution in [1.29, 1.82) is 10.5 Å². The monoisotopic (exact) mass is 920 g/mol. The van der Waals surface area contributed by atoms with Gasteiger partial charge in [0.05, 0.1) is 43.3 Å². The molecule has 300 valence electrons. The molecular formula is C44H38Br2N6O7. The van der Waals surface area contributed by atoms with Crippen molar-refractivity contribution < 1.29 is 33.6 Å². The van der Waals surface area contributed by atoms with Crippen molar-refractivity contribution in [3.05, 3.63) is 139 Å². The fourth-order valence-corrected chi connectivity index (χ4v) is 7.16. The summed E-state index contributed by atoms with van der Waals surface area (Å²) in [6.45, 7) is 9.82. The molecule has 2 aromatic heterocycles. The lowest BCUT2D eigenvalue weighted by atomic mass is 9.83. The molecule has 1 atom stereocenters. The summed E-state index contributed by atoms with van der Waals surface area (Å²) in [5.41, 5.74) is 11.9. The number of nitriles is 2. The molecular weight excluding hydrogens is 884 g/mol. The van der Waals surface area contributed by atoms with Crippen LogP contribution in [-0.2, 0) is 0 Å². The zero-order valence-corrected chi connectivity index (χ0v) is 36.0. The van der Waals surface area contributed by atoms with Gasteiger partial charge < -0.3 is 39.4 Å². The number of methoxy groups -OCH3 is 4. The number of phenols is 1. The molecule has 15 heteroatoms. The SMILES string of the molecule is COc1cc(C2C(C#N)=C(N)Oc3c2ccc2ccc(C)nc32)cc(Br)c1OC.COc1cc(C=O)cc(Br)c1OC.Cc1ccc2cccc(O)c2n1.[C-]#[N+]CC#N. The van der Waals surface area contributed by atoms with Gasteiger partial charge in [0.2, 0.25) is 5.88 Å². The average Bonchev–Trinajstić information content (AvgIpc) is 3.23. The van der Waals surface area contributed by atoms with E-state index < -0.39 is 5.92 Å². The molecule has 0 saturated carbocycles. The number of carbonyl (C=O) groups is 1. The highest BCUT2D eigenvalue weighted by Gasteiger charge is 2.33. The molecule has 0 fully saturated rings. The van der Waals surface area contributed by atoms with E-state index in [9.17, 15) is 15.2 Å². The van der Waals surface area contributed by atoms with Gasteiger partial charge in [0.15, 0.2) is 28.7 Å². The number of ether oxygens (including phenoxy) is 5. The maximum Gasteiger partial charge on any atom is 0.298 e. The number of halogens is 2. The largest absolute Gasteiger partial charge is 0.506 e. The summed E-state index contributed by atoms with van der Waals surface area (Å²) in [4.78, 5) is 22.1. The first-order valence-electron chi connectivity index (χ1n) is 17.4. The number of phenolic OH excluding ortho intramolecular Hbond substituents is 1. The van der Waals surface area contributed by atoms with Crippen LogP contribution in [0.5, 0.6) is 34.5 Å². The molecule has 3 heterocycles. The zero-order valence-electron chi connectivity index (χ0n) is 32.8. The molecule has 0 amide bonds. The topological polar surface area (TPSA) is 187 Å². The van der Waals surface area contributed by atoms with E-state index in [1.807, 2.05) is 74.5 Å². The Bertz CT molecular complexity index is 2660. The smallest absolute Gasteiger partial charge is 0.298 e. The van der Waals surface area contributed by atoms with Gasteiger partial charge in [0, 0.05) is 33.3 Å². The van der Waals surface area contributed by atoms with Crippen molar-refractivity contribution in [2.45, 2.75) is 19.8 Å². The quantitative estimate of drug-likeness (QED) is 0.0917. The highest BCUT2D eigenvalue weighted by atomic mass is 79.9. The number of hydrogen-bond acceptors (Lipinski definition) is 12. The molecule has 0 bridgehead atoms. The van der Waals surface area contributed by atoms with Crippen LogP contribution in [0.25, 0.3) is 26.7 Å². The summed E-state index contributed by atoms with van der Waals surface area (Å²) in [6, 6.07) is 28.1. The van der Waals surface area contributed by atoms with Crippen LogP contribution in [-0.4, -0.2) is 56.3 Å². The minimum Gasteiger partial charge on any atom is -0.506 e. The van der Waals surface area contributed by atoms with Crippen LogP contribution in [0.3, 0.4) is 0 Å². The first-order chi connectivity index (χ1) is 28.4. The number of nitrogens with zero attached hydrogens (tertiary/aromatic N) is 5. The second kappa shape index (κ2) is 21.1. The summed E-state index contributed by atoms with van der Waals surface area (Å²) >= 11 is 6.81. The van der Waals surface area contributed by atoms with Crippen molar-refractivity contribution in [2.24, 2.45) is 5.73 Å². The number of hydrogen-bond donors (Lipinski definition) is 2. The summed E-state index contributed by atoms with van der Waals surface area (Å²) in [7, 11) is 6.22. The van der Waals surface area contributed by atoms with Gasteiger partial charge in [-0.25, -0.2) is 16.5 Å². The molecule has 0 aliphatic carbocycles. The van der Waals surface area contributed by atoms with Crippen molar-refractivity contribution >= 4 is 60.0 Å². The minimum absolute atomic E-state index is 0.0139. The van der Waals surface area contributed by atoms with Gasteiger partial charge >= 0.3 is 0 Å². The number of allylic oxidation sites excluding steroid dienone is 1. The molecule has 7 rings (SSSR count). The standard InChI is InChI=1S/C22H18BrN3O3.C10H9NO.C9H9BrO3.C3H2N2/c1-11-4-5-12-6-7-14-18(13-8-16(23)21(28-3)17(9-13)27-2)15(10-24)22(25)29-20(14)19(12)26-11;1-7-5-6-8-3-2-4-9(12)10(8)11-7;1-12-8-4-6(5-11)3-7(10)9(8)13-2;1-5-3-2-4/h4-9,18H,25H2,1-3H3;2-6,12H,1H3;3-5H,1-2H3;3H2. The molecule has 0 spiro atoms. The number of pyridine rings is 2. The Labute approximate surface area is 358 Å². The Morgan fingerprint density at radius 2 is 1.42 bits per heavy atom. The number of carbonyl (C=O) groups excluding carboxylic acids is 1. The number of rotatable bonds is 6. The third kappa shape index (κ3) is 10.6. The molecule has 0 radical (unpaired) electrons. The number of aryl methyl sites for hydroxylation is 2. The van der Waals surface area contributed by atoms with Crippen LogP contribution in [0.1, 0.15) is 38.8 Å². The summed E-state index contributed by atoms with van der Waals surface area (Å²) < 4.78 is 28.3. The molecule has 0 saturated heterocycles. The molecule has 1 aliphatic rings. The number of fused-ring (bicyclic) bond motifs is 4. The van der Waals surface area contributed by atoms with Crippen LogP contribution in [0, 0.1) is 43.1 Å². The number of aldehydes is 1. The number of benzene rings is 4. The lowest BCUT2D eigenvalue weighted by Crippen LogP contribution is -2.21. The van der Waals surface area contributed by atoms with Gasteiger partial charge in [-0.05, 0) is 93.7 Å². The predicted octanol–water partition coefficient (Wildman–Crippen LogP) is 9.50. The average molecular weight is 923 g/mol. The molecule has 3 N–H and O–H groups in total. The first kappa shape index (κ1) is 44.8. The normalized spacial score (nSPS) is 12.2.